The van der Waals surface area contributed by atoms with Crippen molar-refractivity contribution in [3.05, 3.63) is 64.3 Å². The highest BCUT2D eigenvalue weighted by molar-refractivity contribution is 9.10. The molecule has 0 aliphatic rings. The third-order valence-electron chi connectivity index (χ3n) is 3.61. The summed E-state index contributed by atoms with van der Waals surface area (Å²) in [7, 11) is 0. The molecule has 3 rings (SSSR count). The summed E-state index contributed by atoms with van der Waals surface area (Å²) >= 11 is 3.56. The minimum absolute atomic E-state index is 0.00681. The molecule has 3 aromatic rings. The molecule has 1 atom stereocenters. The molecule has 0 amide bonds. The smallest absolute Gasteiger partial charge is 0.134 e. The number of hydrogen-bond donors (Lipinski definition) is 2. The van der Waals surface area contributed by atoms with Gasteiger partial charge in [-0.2, -0.15) is 0 Å². The first-order valence-electron chi connectivity index (χ1n) is 6.90. The number of halogens is 1. The third-order valence-corrected chi connectivity index (χ3v) is 4.30. The van der Waals surface area contributed by atoms with E-state index in [9.17, 15) is 0 Å². The SMILES string of the molecule is Cc1oc2ccccc2c1C(CN)Nc1ccccc1Br. The van der Waals surface area contributed by atoms with E-state index >= 15 is 0 Å². The van der Waals surface area contributed by atoms with Gasteiger partial charge in [0.25, 0.3) is 0 Å². The maximum absolute atomic E-state index is 6.00. The van der Waals surface area contributed by atoms with Crippen LogP contribution in [0.15, 0.2) is 57.4 Å². The fraction of sp³-hybridized carbons (Fsp3) is 0.176. The fourth-order valence-electron chi connectivity index (χ4n) is 2.64. The van der Waals surface area contributed by atoms with Crippen LogP contribution in [0.1, 0.15) is 17.4 Å². The normalized spacial score (nSPS) is 12.5. The zero-order valence-corrected chi connectivity index (χ0v) is 13.4. The molecule has 1 aromatic heterocycles. The Bertz CT molecular complexity index is 766. The minimum Gasteiger partial charge on any atom is -0.461 e. The van der Waals surface area contributed by atoms with Crippen LogP contribution in [0.2, 0.25) is 0 Å². The Morgan fingerprint density at radius 3 is 2.62 bits per heavy atom. The number of anilines is 1. The Hall–Kier alpha value is -1.78. The highest BCUT2D eigenvalue weighted by atomic mass is 79.9. The van der Waals surface area contributed by atoms with Crippen molar-refractivity contribution in [1.82, 2.24) is 0 Å². The van der Waals surface area contributed by atoms with Crippen LogP contribution in [-0.4, -0.2) is 6.54 Å². The second-order valence-electron chi connectivity index (χ2n) is 4.98. The maximum Gasteiger partial charge on any atom is 0.134 e. The molecule has 0 aliphatic heterocycles. The molecule has 1 heterocycles. The van der Waals surface area contributed by atoms with Crippen molar-refractivity contribution < 1.29 is 4.42 Å². The van der Waals surface area contributed by atoms with E-state index in [1.165, 1.54) is 0 Å². The number of para-hydroxylation sites is 2. The number of rotatable bonds is 4. The molecular formula is C17H17BrN2O. The van der Waals surface area contributed by atoms with Gasteiger partial charge in [0.05, 0.1) is 6.04 Å². The van der Waals surface area contributed by atoms with Gasteiger partial charge in [-0.3, -0.25) is 0 Å². The molecular weight excluding hydrogens is 328 g/mol. The molecule has 0 radical (unpaired) electrons. The summed E-state index contributed by atoms with van der Waals surface area (Å²) in [6.45, 7) is 2.48. The molecule has 0 aliphatic carbocycles. The molecule has 3 N–H and O–H groups in total. The summed E-state index contributed by atoms with van der Waals surface area (Å²) < 4.78 is 6.86. The van der Waals surface area contributed by atoms with Gasteiger partial charge in [-0.25, -0.2) is 0 Å². The number of furan rings is 1. The molecule has 108 valence electrons. The zero-order valence-electron chi connectivity index (χ0n) is 11.8. The van der Waals surface area contributed by atoms with E-state index in [4.69, 9.17) is 10.2 Å². The van der Waals surface area contributed by atoms with E-state index < -0.39 is 0 Å². The predicted octanol–water partition coefficient (Wildman–Crippen LogP) is 4.62. The number of aryl methyl sites for hydroxylation is 1. The summed E-state index contributed by atoms with van der Waals surface area (Å²) in [6.07, 6.45) is 0. The Morgan fingerprint density at radius 2 is 1.86 bits per heavy atom. The number of nitrogens with one attached hydrogen (secondary N) is 1. The first kappa shape index (κ1) is 14.2. The van der Waals surface area contributed by atoms with E-state index in [2.05, 4.69) is 27.3 Å². The maximum atomic E-state index is 6.00. The lowest BCUT2D eigenvalue weighted by molar-refractivity contribution is 0.566. The zero-order chi connectivity index (χ0) is 14.8. The molecule has 0 saturated carbocycles. The molecule has 1 unspecified atom stereocenters. The van der Waals surface area contributed by atoms with Crippen LogP contribution in [0.5, 0.6) is 0 Å². The topological polar surface area (TPSA) is 51.2 Å². The van der Waals surface area contributed by atoms with E-state index in [0.717, 1.165) is 32.5 Å². The monoisotopic (exact) mass is 344 g/mol. The summed E-state index contributed by atoms with van der Waals surface area (Å²) in [5.41, 5.74) is 9.06. The van der Waals surface area contributed by atoms with Gasteiger partial charge in [-0.1, -0.05) is 30.3 Å². The summed E-state index contributed by atoms with van der Waals surface area (Å²) in [5.74, 6) is 0.909. The van der Waals surface area contributed by atoms with Crippen molar-refractivity contribution in [2.75, 3.05) is 11.9 Å². The second-order valence-corrected chi connectivity index (χ2v) is 5.83. The molecule has 21 heavy (non-hydrogen) atoms. The van der Waals surface area contributed by atoms with Gasteiger partial charge in [0, 0.05) is 27.7 Å². The lowest BCUT2D eigenvalue weighted by atomic mass is 10.0. The molecule has 0 saturated heterocycles. The lowest BCUT2D eigenvalue weighted by Crippen LogP contribution is -2.21. The molecule has 4 heteroatoms. The number of benzene rings is 2. The number of fused-ring (bicyclic) bond motifs is 1. The van der Waals surface area contributed by atoms with Gasteiger partial charge in [0.15, 0.2) is 0 Å². The molecule has 0 bridgehead atoms. The fourth-order valence-corrected chi connectivity index (χ4v) is 3.03. The van der Waals surface area contributed by atoms with Gasteiger partial charge in [0.2, 0.25) is 0 Å². The second kappa shape index (κ2) is 5.92. The summed E-state index contributed by atoms with van der Waals surface area (Å²) in [4.78, 5) is 0. The standard InChI is InChI=1S/C17H17BrN2O/c1-11-17(12-6-2-5-9-16(12)21-11)15(10-19)20-14-8-4-3-7-13(14)18/h2-9,15,20H,10,19H2,1H3. The Kier molecular flexibility index (Phi) is 3.99. The first-order valence-corrected chi connectivity index (χ1v) is 7.69. The minimum atomic E-state index is 0.00681. The summed E-state index contributed by atoms with van der Waals surface area (Å²) in [6, 6.07) is 16.1. The van der Waals surface area contributed by atoms with Gasteiger partial charge >= 0.3 is 0 Å². The van der Waals surface area contributed by atoms with Gasteiger partial charge in [-0.15, -0.1) is 0 Å². The predicted molar refractivity (Wildman–Crippen MR) is 90.5 cm³/mol. The van der Waals surface area contributed by atoms with Crippen molar-refractivity contribution in [3.8, 4) is 0 Å². The van der Waals surface area contributed by atoms with Crippen molar-refractivity contribution in [2.24, 2.45) is 5.73 Å². The van der Waals surface area contributed by atoms with E-state index in [1.54, 1.807) is 0 Å². The van der Waals surface area contributed by atoms with Crippen molar-refractivity contribution in [2.45, 2.75) is 13.0 Å². The van der Waals surface area contributed by atoms with Crippen LogP contribution >= 0.6 is 15.9 Å². The summed E-state index contributed by atoms with van der Waals surface area (Å²) in [5, 5.41) is 4.62. The Balaban J connectivity index is 2.03. The number of nitrogens with two attached hydrogens (primary N) is 1. The highest BCUT2D eigenvalue weighted by Crippen LogP contribution is 2.33. The lowest BCUT2D eigenvalue weighted by Gasteiger charge is -2.19. The highest BCUT2D eigenvalue weighted by Gasteiger charge is 2.19. The van der Waals surface area contributed by atoms with Crippen LogP contribution in [0.4, 0.5) is 5.69 Å². The van der Waals surface area contributed by atoms with E-state index in [1.807, 2.05) is 49.4 Å². The van der Waals surface area contributed by atoms with Crippen LogP contribution in [0.3, 0.4) is 0 Å². The van der Waals surface area contributed by atoms with Gasteiger partial charge in [0.1, 0.15) is 11.3 Å². The van der Waals surface area contributed by atoms with Gasteiger partial charge < -0.3 is 15.5 Å². The molecule has 0 spiro atoms. The Morgan fingerprint density at radius 1 is 1.14 bits per heavy atom. The van der Waals surface area contributed by atoms with Crippen molar-refractivity contribution >= 4 is 32.6 Å². The largest absolute Gasteiger partial charge is 0.461 e. The molecule has 3 nitrogen and oxygen atoms in total. The van der Waals surface area contributed by atoms with Crippen LogP contribution in [-0.2, 0) is 0 Å². The molecule has 2 aromatic carbocycles. The quantitative estimate of drug-likeness (QED) is 0.726. The first-order chi connectivity index (χ1) is 10.2. The molecule has 0 fully saturated rings. The van der Waals surface area contributed by atoms with E-state index in [-0.39, 0.29) is 6.04 Å². The average Bonchev–Trinajstić information content (AvgIpc) is 2.82. The van der Waals surface area contributed by atoms with Crippen molar-refractivity contribution in [3.63, 3.8) is 0 Å². The van der Waals surface area contributed by atoms with Crippen LogP contribution in [0, 0.1) is 6.92 Å². The van der Waals surface area contributed by atoms with Crippen LogP contribution < -0.4 is 11.1 Å². The van der Waals surface area contributed by atoms with Gasteiger partial charge in [-0.05, 0) is 41.1 Å². The van der Waals surface area contributed by atoms with E-state index in [0.29, 0.717) is 6.54 Å². The Labute approximate surface area is 132 Å². The van der Waals surface area contributed by atoms with Crippen LogP contribution in [0.25, 0.3) is 11.0 Å². The number of hydrogen-bond acceptors (Lipinski definition) is 3. The average molecular weight is 345 g/mol. The third kappa shape index (κ3) is 2.69. The van der Waals surface area contributed by atoms with Crippen molar-refractivity contribution in [1.29, 1.82) is 0 Å².